The van der Waals surface area contributed by atoms with Gasteiger partial charge in [0.25, 0.3) is 0 Å². The van der Waals surface area contributed by atoms with Crippen LogP contribution in [0.15, 0.2) is 48.8 Å². The molecule has 0 spiro atoms. The third-order valence-electron chi connectivity index (χ3n) is 6.21. The number of fused-ring (bicyclic) bond motifs is 1. The molecule has 1 aliphatic heterocycles. The summed E-state index contributed by atoms with van der Waals surface area (Å²) in [5, 5.41) is 3.67. The summed E-state index contributed by atoms with van der Waals surface area (Å²) in [4.78, 5) is 16.3. The summed E-state index contributed by atoms with van der Waals surface area (Å²) < 4.78 is 20.7. The number of nitrogen functional groups attached to an aromatic ring is 1. The second-order valence-corrected chi connectivity index (χ2v) is 8.43. The van der Waals surface area contributed by atoms with Crippen LogP contribution in [-0.2, 0) is 0 Å². The monoisotopic (exact) mass is 461 g/mol. The number of aromatic nitrogens is 3. The smallest absolute Gasteiger partial charge is 0.248 e. The predicted octanol–water partition coefficient (Wildman–Crippen LogP) is 4.67. The molecule has 0 aliphatic carbocycles. The van der Waals surface area contributed by atoms with E-state index in [4.69, 9.17) is 10.5 Å². The number of benzene rings is 2. The van der Waals surface area contributed by atoms with Gasteiger partial charge < -0.3 is 30.6 Å². The van der Waals surface area contributed by atoms with Crippen molar-refractivity contribution in [2.45, 2.75) is 13.8 Å². The molecule has 1 fully saturated rings. The van der Waals surface area contributed by atoms with Gasteiger partial charge in [0.1, 0.15) is 12.0 Å². The van der Waals surface area contributed by atoms with Crippen LogP contribution in [0.5, 0.6) is 11.6 Å². The number of hydrogen-bond acceptors (Lipinski definition) is 7. The van der Waals surface area contributed by atoms with E-state index in [-0.39, 0.29) is 17.3 Å². The summed E-state index contributed by atoms with van der Waals surface area (Å²) in [6, 6.07) is 13.2. The lowest BCUT2D eigenvalue weighted by molar-refractivity contribution is 0.271. The van der Waals surface area contributed by atoms with Crippen LogP contribution in [0.3, 0.4) is 0 Å². The molecular formula is C25H28FN7O. The second kappa shape index (κ2) is 9.18. The third-order valence-corrected chi connectivity index (χ3v) is 6.21. The summed E-state index contributed by atoms with van der Waals surface area (Å²) in [6.45, 7) is 9.36. The lowest BCUT2D eigenvalue weighted by Gasteiger charge is -2.35. The molecule has 4 aromatic rings. The maximum Gasteiger partial charge on any atom is 0.248 e. The van der Waals surface area contributed by atoms with E-state index in [1.54, 1.807) is 18.2 Å². The van der Waals surface area contributed by atoms with Crippen LogP contribution < -0.4 is 20.7 Å². The zero-order valence-electron chi connectivity index (χ0n) is 19.3. The van der Waals surface area contributed by atoms with Gasteiger partial charge in [-0.2, -0.15) is 4.98 Å². The number of aromatic amines is 1. The number of nitrogens with two attached hydrogens (primary N) is 1. The van der Waals surface area contributed by atoms with Gasteiger partial charge in [0.2, 0.25) is 5.88 Å². The van der Waals surface area contributed by atoms with Gasteiger partial charge in [-0.3, -0.25) is 0 Å². The van der Waals surface area contributed by atoms with Gasteiger partial charge in [-0.15, -0.1) is 0 Å². The van der Waals surface area contributed by atoms with Crippen molar-refractivity contribution in [2.75, 3.05) is 48.7 Å². The Labute approximate surface area is 197 Å². The van der Waals surface area contributed by atoms with Gasteiger partial charge >= 0.3 is 0 Å². The molecule has 4 N–H and O–H groups in total. The molecule has 0 saturated carbocycles. The normalized spacial score (nSPS) is 14.5. The van der Waals surface area contributed by atoms with Crippen molar-refractivity contribution in [3.05, 3.63) is 60.3 Å². The number of likely N-dealkylation sites (N-methyl/N-ethyl adjacent to an activating group) is 1. The Morgan fingerprint density at radius 2 is 1.85 bits per heavy atom. The molecule has 3 heterocycles. The molecule has 1 aliphatic rings. The highest BCUT2D eigenvalue weighted by atomic mass is 19.1. The number of hydrogen-bond donors (Lipinski definition) is 3. The Morgan fingerprint density at radius 3 is 2.59 bits per heavy atom. The molecule has 0 atom stereocenters. The van der Waals surface area contributed by atoms with E-state index < -0.39 is 5.82 Å². The largest absolute Gasteiger partial charge is 0.434 e. The van der Waals surface area contributed by atoms with Crippen molar-refractivity contribution in [3.63, 3.8) is 0 Å². The summed E-state index contributed by atoms with van der Waals surface area (Å²) in [5.74, 6) is 0.0711. The Morgan fingerprint density at radius 1 is 1.09 bits per heavy atom. The number of nitrogens with zero attached hydrogens (tertiary/aromatic N) is 4. The second-order valence-electron chi connectivity index (χ2n) is 8.43. The van der Waals surface area contributed by atoms with Crippen molar-refractivity contribution in [1.29, 1.82) is 0 Å². The summed E-state index contributed by atoms with van der Waals surface area (Å²) in [7, 11) is 0. The molecule has 5 rings (SSSR count). The van der Waals surface area contributed by atoms with Gasteiger partial charge in [-0.25, -0.2) is 9.37 Å². The van der Waals surface area contributed by atoms with Crippen LogP contribution in [0, 0.1) is 12.7 Å². The van der Waals surface area contributed by atoms with E-state index in [1.807, 2.05) is 19.1 Å². The number of ether oxygens (including phenoxy) is 1. The van der Waals surface area contributed by atoms with Gasteiger partial charge in [0, 0.05) is 54.2 Å². The Hall–Kier alpha value is -3.85. The van der Waals surface area contributed by atoms with Crippen molar-refractivity contribution in [3.8, 4) is 11.6 Å². The molecule has 0 unspecified atom stereocenters. The van der Waals surface area contributed by atoms with Crippen molar-refractivity contribution < 1.29 is 9.13 Å². The number of aryl methyl sites for hydroxylation is 1. The fourth-order valence-electron chi connectivity index (χ4n) is 4.25. The number of nitrogens with one attached hydrogen (secondary N) is 2. The zero-order chi connectivity index (χ0) is 23.7. The fourth-order valence-corrected chi connectivity index (χ4v) is 4.25. The number of halogens is 1. The number of anilines is 4. The first-order valence-electron chi connectivity index (χ1n) is 11.4. The molecule has 0 amide bonds. The zero-order valence-corrected chi connectivity index (χ0v) is 19.3. The molecule has 0 radical (unpaired) electrons. The molecule has 176 valence electrons. The maximum absolute atomic E-state index is 14.9. The standard InChI is InChI=1S/C25H28FN7O/c1-3-32-10-12-33(13-11-32)18-6-4-17(5-7-18)31-24-23(27)25(29-15-28-24)34-21-9-8-20-19(22(21)26)14-16(2)30-20/h4-9,14-15,30H,3,10-13,27H2,1-2H3,(H,28,29,31). The SMILES string of the molecule is CCN1CCN(c2ccc(Nc3ncnc(Oc4ccc5[nH]c(C)cc5c4F)c3N)cc2)CC1. The van der Waals surface area contributed by atoms with E-state index in [0.29, 0.717) is 16.7 Å². The maximum atomic E-state index is 14.9. The van der Waals surface area contributed by atoms with E-state index in [0.717, 1.165) is 44.1 Å². The van der Waals surface area contributed by atoms with Gasteiger partial charge in [0.15, 0.2) is 17.4 Å². The Kier molecular flexibility index (Phi) is 5.93. The molecule has 9 heteroatoms. The molecule has 34 heavy (non-hydrogen) atoms. The minimum atomic E-state index is -0.468. The van der Waals surface area contributed by atoms with E-state index in [2.05, 4.69) is 49.1 Å². The van der Waals surface area contributed by atoms with Crippen LogP contribution in [-0.4, -0.2) is 52.6 Å². The first-order valence-corrected chi connectivity index (χ1v) is 11.4. The topological polar surface area (TPSA) is 95.3 Å². The molecule has 2 aromatic heterocycles. The third kappa shape index (κ3) is 4.34. The first-order chi connectivity index (χ1) is 16.5. The van der Waals surface area contributed by atoms with Crippen LogP contribution in [0.25, 0.3) is 10.9 Å². The summed E-state index contributed by atoms with van der Waals surface area (Å²) in [6.07, 6.45) is 1.34. The lowest BCUT2D eigenvalue weighted by Crippen LogP contribution is -2.46. The summed E-state index contributed by atoms with van der Waals surface area (Å²) in [5.41, 5.74) is 10.1. The highest BCUT2D eigenvalue weighted by Crippen LogP contribution is 2.34. The Balaban J connectivity index is 1.31. The number of rotatable bonds is 6. The molecule has 1 saturated heterocycles. The molecule has 0 bridgehead atoms. The van der Waals surface area contributed by atoms with E-state index in [9.17, 15) is 4.39 Å². The van der Waals surface area contributed by atoms with Crippen molar-refractivity contribution in [2.24, 2.45) is 0 Å². The lowest BCUT2D eigenvalue weighted by atomic mass is 10.2. The van der Waals surface area contributed by atoms with Crippen LogP contribution in [0.2, 0.25) is 0 Å². The van der Waals surface area contributed by atoms with Crippen molar-refractivity contribution >= 4 is 33.8 Å². The van der Waals surface area contributed by atoms with Gasteiger partial charge in [-0.05, 0) is 55.9 Å². The molecular weight excluding hydrogens is 433 g/mol. The van der Waals surface area contributed by atoms with Gasteiger partial charge in [-0.1, -0.05) is 6.92 Å². The minimum absolute atomic E-state index is 0.0513. The van der Waals surface area contributed by atoms with Gasteiger partial charge in [0.05, 0.1) is 0 Å². The fraction of sp³-hybridized carbons (Fsp3) is 0.280. The highest BCUT2D eigenvalue weighted by molar-refractivity contribution is 5.83. The average Bonchev–Trinajstić information content (AvgIpc) is 3.25. The quantitative estimate of drug-likeness (QED) is 0.384. The average molecular weight is 462 g/mol. The summed E-state index contributed by atoms with van der Waals surface area (Å²) >= 11 is 0. The number of piperazine rings is 1. The Bertz CT molecular complexity index is 1300. The van der Waals surface area contributed by atoms with Crippen molar-refractivity contribution in [1.82, 2.24) is 19.9 Å². The number of H-pyrrole nitrogens is 1. The van der Waals surface area contributed by atoms with E-state index >= 15 is 0 Å². The molecule has 2 aromatic carbocycles. The van der Waals surface area contributed by atoms with Crippen LogP contribution in [0.4, 0.5) is 27.3 Å². The first kappa shape index (κ1) is 22.0. The molecule has 8 nitrogen and oxygen atoms in total. The minimum Gasteiger partial charge on any atom is -0.434 e. The highest BCUT2D eigenvalue weighted by Gasteiger charge is 2.17. The van der Waals surface area contributed by atoms with E-state index in [1.165, 1.54) is 12.0 Å². The predicted molar refractivity (Wildman–Crippen MR) is 134 cm³/mol. The van der Waals surface area contributed by atoms with Crippen LogP contribution >= 0.6 is 0 Å². The van der Waals surface area contributed by atoms with Crippen LogP contribution in [0.1, 0.15) is 12.6 Å².